The standard InChI is InChI=1S/C29H30F2N6O5S/c1-42-22-5-2-20(3-6-22)14-25-27(39)37(28(40)43-25)9-8-26(38)35-12-10-34(11-13-35)16-29(41,17-36-19-32-18-33-36)23-7-4-21(30)15-24(23)31/h2-7,14-15,18-19,41H,8-13,16-17H2,1H3. The molecule has 226 valence electrons. The molecule has 0 bridgehead atoms. The second-order valence-electron chi connectivity index (χ2n) is 10.3. The smallest absolute Gasteiger partial charge is 0.293 e. The summed E-state index contributed by atoms with van der Waals surface area (Å²) in [6.45, 7) is 1.31. The fourth-order valence-electron chi connectivity index (χ4n) is 5.10. The molecule has 0 spiro atoms. The van der Waals surface area contributed by atoms with Gasteiger partial charge >= 0.3 is 0 Å². The fourth-order valence-corrected chi connectivity index (χ4v) is 5.97. The van der Waals surface area contributed by atoms with E-state index in [9.17, 15) is 28.3 Å². The highest BCUT2D eigenvalue weighted by Gasteiger charge is 2.38. The maximum atomic E-state index is 14.7. The van der Waals surface area contributed by atoms with E-state index in [-0.39, 0.29) is 42.4 Å². The minimum atomic E-state index is -1.75. The van der Waals surface area contributed by atoms with Crippen LogP contribution < -0.4 is 4.74 Å². The number of thioether (sulfide) groups is 1. The Kier molecular flexibility index (Phi) is 9.18. The Morgan fingerprint density at radius 1 is 1.09 bits per heavy atom. The first-order valence-electron chi connectivity index (χ1n) is 13.5. The maximum Gasteiger partial charge on any atom is 0.293 e. The number of amides is 3. The molecule has 2 aliphatic heterocycles. The van der Waals surface area contributed by atoms with Gasteiger partial charge in [-0.05, 0) is 41.6 Å². The molecule has 1 aromatic heterocycles. The van der Waals surface area contributed by atoms with Gasteiger partial charge in [0.25, 0.3) is 11.1 Å². The number of β-amino-alcohol motifs (C(OH)–C–C–N with tert-alkyl or cyclic N) is 1. The predicted octanol–water partition coefficient (Wildman–Crippen LogP) is 2.72. The lowest BCUT2D eigenvalue weighted by Crippen LogP contribution is -2.53. The molecule has 1 unspecified atom stereocenters. The van der Waals surface area contributed by atoms with Gasteiger partial charge in [0.15, 0.2) is 0 Å². The van der Waals surface area contributed by atoms with Gasteiger partial charge in [0, 0.05) is 57.3 Å². The molecule has 2 saturated heterocycles. The highest BCUT2D eigenvalue weighted by atomic mass is 32.2. The lowest BCUT2D eigenvalue weighted by molar-refractivity contribution is -0.134. The van der Waals surface area contributed by atoms with Gasteiger partial charge in [-0.2, -0.15) is 5.10 Å². The van der Waals surface area contributed by atoms with Crippen molar-refractivity contribution in [1.82, 2.24) is 29.5 Å². The third-order valence-corrected chi connectivity index (χ3v) is 8.28. The minimum Gasteiger partial charge on any atom is -0.497 e. The average molecular weight is 613 g/mol. The number of rotatable bonds is 10. The average Bonchev–Trinajstić information content (AvgIpc) is 3.59. The summed E-state index contributed by atoms with van der Waals surface area (Å²) in [4.78, 5) is 47.1. The molecule has 2 aliphatic rings. The zero-order valence-corrected chi connectivity index (χ0v) is 24.2. The number of benzene rings is 2. The summed E-state index contributed by atoms with van der Waals surface area (Å²) < 4.78 is 34.8. The van der Waals surface area contributed by atoms with Crippen molar-refractivity contribution in [3.05, 3.63) is 82.8 Å². The molecule has 3 heterocycles. The van der Waals surface area contributed by atoms with Gasteiger partial charge in [-0.15, -0.1) is 0 Å². The summed E-state index contributed by atoms with van der Waals surface area (Å²) in [5.41, 5.74) is -1.07. The highest BCUT2D eigenvalue weighted by Crippen LogP contribution is 2.33. The molecule has 11 nitrogen and oxygen atoms in total. The number of hydrogen-bond donors (Lipinski definition) is 1. The summed E-state index contributed by atoms with van der Waals surface area (Å²) in [6, 6.07) is 10.1. The number of ether oxygens (including phenoxy) is 1. The number of carbonyl (C=O) groups is 3. The van der Waals surface area contributed by atoms with E-state index in [1.807, 2.05) is 4.90 Å². The highest BCUT2D eigenvalue weighted by molar-refractivity contribution is 8.18. The van der Waals surface area contributed by atoms with Gasteiger partial charge in [-0.3, -0.25) is 24.2 Å². The molecule has 3 amide bonds. The normalized spacial score (nSPS) is 18.4. The summed E-state index contributed by atoms with van der Waals surface area (Å²) >= 11 is 0.835. The Hall–Kier alpha value is -4.14. The van der Waals surface area contributed by atoms with Crippen LogP contribution in [0.25, 0.3) is 6.08 Å². The first kappa shape index (κ1) is 30.3. The molecule has 1 atom stereocenters. The maximum absolute atomic E-state index is 14.7. The number of imide groups is 1. The van der Waals surface area contributed by atoms with Crippen LogP contribution in [0.5, 0.6) is 5.75 Å². The largest absolute Gasteiger partial charge is 0.497 e. The van der Waals surface area contributed by atoms with Crippen LogP contribution in [-0.2, 0) is 21.7 Å². The van der Waals surface area contributed by atoms with Crippen molar-refractivity contribution in [2.75, 3.05) is 46.4 Å². The molecule has 43 heavy (non-hydrogen) atoms. The number of nitrogens with zero attached hydrogens (tertiary/aromatic N) is 6. The summed E-state index contributed by atoms with van der Waals surface area (Å²) in [7, 11) is 1.56. The molecule has 0 saturated carbocycles. The van der Waals surface area contributed by atoms with Crippen LogP contribution in [0.15, 0.2) is 60.0 Å². The number of hydrogen-bond acceptors (Lipinski definition) is 9. The lowest BCUT2D eigenvalue weighted by atomic mass is 9.92. The topological polar surface area (TPSA) is 121 Å². The van der Waals surface area contributed by atoms with Gasteiger partial charge in [0.2, 0.25) is 5.91 Å². The molecule has 2 aromatic carbocycles. The van der Waals surface area contributed by atoms with Crippen molar-refractivity contribution in [2.45, 2.75) is 18.6 Å². The minimum absolute atomic E-state index is 0.00868. The van der Waals surface area contributed by atoms with E-state index in [1.165, 1.54) is 23.4 Å². The Balaban J connectivity index is 1.16. The van der Waals surface area contributed by atoms with Crippen molar-refractivity contribution >= 4 is 34.9 Å². The van der Waals surface area contributed by atoms with Gasteiger partial charge in [-0.25, -0.2) is 18.4 Å². The Bertz CT molecular complexity index is 1510. The second-order valence-corrected chi connectivity index (χ2v) is 11.3. The van der Waals surface area contributed by atoms with E-state index < -0.39 is 28.4 Å². The van der Waals surface area contributed by atoms with Crippen LogP contribution in [0.2, 0.25) is 0 Å². The first-order valence-corrected chi connectivity index (χ1v) is 14.4. The van der Waals surface area contributed by atoms with Crippen LogP contribution in [-0.4, -0.2) is 98.0 Å². The van der Waals surface area contributed by atoms with Crippen molar-refractivity contribution in [3.8, 4) is 5.75 Å². The fraction of sp³-hybridized carbons (Fsp3) is 0.345. The van der Waals surface area contributed by atoms with Crippen LogP contribution >= 0.6 is 11.8 Å². The summed E-state index contributed by atoms with van der Waals surface area (Å²) in [5.74, 6) is -1.60. The van der Waals surface area contributed by atoms with Crippen molar-refractivity contribution in [2.24, 2.45) is 0 Å². The lowest BCUT2D eigenvalue weighted by Gasteiger charge is -2.39. The second kappa shape index (κ2) is 13.0. The van der Waals surface area contributed by atoms with Crippen molar-refractivity contribution in [1.29, 1.82) is 0 Å². The number of aromatic nitrogens is 3. The van der Waals surface area contributed by atoms with Crippen LogP contribution in [0.4, 0.5) is 13.6 Å². The number of halogens is 2. The Morgan fingerprint density at radius 2 is 1.84 bits per heavy atom. The van der Waals surface area contributed by atoms with Gasteiger partial charge in [0.05, 0.1) is 18.6 Å². The molecule has 1 N–H and O–H groups in total. The molecule has 0 aliphatic carbocycles. The predicted molar refractivity (Wildman–Crippen MR) is 154 cm³/mol. The molecular formula is C29H30F2N6O5S. The monoisotopic (exact) mass is 612 g/mol. The van der Waals surface area contributed by atoms with Gasteiger partial charge < -0.3 is 14.7 Å². The molecule has 14 heteroatoms. The third-order valence-electron chi connectivity index (χ3n) is 7.37. The SMILES string of the molecule is COc1ccc(C=C2SC(=O)N(CCC(=O)N3CCN(CC(O)(Cn4cncn4)c4ccc(F)cc4F)CC3)C2=O)cc1. The van der Waals surface area contributed by atoms with Gasteiger partial charge in [-0.1, -0.05) is 18.2 Å². The van der Waals surface area contributed by atoms with E-state index in [0.717, 1.165) is 34.4 Å². The summed E-state index contributed by atoms with van der Waals surface area (Å²) in [6.07, 6.45) is 4.30. The van der Waals surface area contributed by atoms with E-state index >= 15 is 0 Å². The molecule has 3 aromatic rings. The van der Waals surface area contributed by atoms with Crippen LogP contribution in [0.1, 0.15) is 17.5 Å². The number of methoxy groups -OCH3 is 1. The third kappa shape index (κ3) is 7.09. The van der Waals surface area contributed by atoms with Crippen LogP contribution in [0.3, 0.4) is 0 Å². The van der Waals surface area contributed by atoms with E-state index in [1.54, 1.807) is 42.4 Å². The molecule has 2 fully saturated rings. The van der Waals surface area contributed by atoms with Crippen LogP contribution in [0, 0.1) is 11.6 Å². The Morgan fingerprint density at radius 3 is 2.49 bits per heavy atom. The summed E-state index contributed by atoms with van der Waals surface area (Å²) in [5, 5.41) is 15.2. The first-order chi connectivity index (χ1) is 20.6. The number of aliphatic hydroxyl groups is 1. The van der Waals surface area contributed by atoms with Crippen molar-refractivity contribution in [3.63, 3.8) is 0 Å². The molecule has 5 rings (SSSR count). The van der Waals surface area contributed by atoms with E-state index in [2.05, 4.69) is 10.1 Å². The zero-order valence-electron chi connectivity index (χ0n) is 23.4. The van der Waals surface area contributed by atoms with Gasteiger partial charge in [0.1, 0.15) is 35.6 Å². The van der Waals surface area contributed by atoms with Crippen molar-refractivity contribution < 1.29 is 33.0 Å². The molecule has 0 radical (unpaired) electrons. The number of carbonyl (C=O) groups excluding carboxylic acids is 3. The van der Waals surface area contributed by atoms with E-state index in [4.69, 9.17) is 4.74 Å². The Labute approximate surface area is 250 Å². The number of piperazine rings is 1. The zero-order chi connectivity index (χ0) is 30.6. The van der Waals surface area contributed by atoms with E-state index in [0.29, 0.717) is 31.9 Å². The quantitative estimate of drug-likeness (QED) is 0.345. The molecular weight excluding hydrogens is 582 g/mol.